The van der Waals surface area contributed by atoms with Crippen molar-refractivity contribution in [2.24, 2.45) is 4.99 Å². The number of nitrogens with one attached hydrogen (secondary N) is 1. The third-order valence-electron chi connectivity index (χ3n) is 4.70. The van der Waals surface area contributed by atoms with E-state index in [1.165, 1.54) is 32.8 Å². The van der Waals surface area contributed by atoms with Crippen molar-refractivity contribution in [3.63, 3.8) is 0 Å². The first-order valence-corrected chi connectivity index (χ1v) is 10.8. The van der Waals surface area contributed by atoms with Gasteiger partial charge in [0, 0.05) is 16.8 Å². The van der Waals surface area contributed by atoms with Crippen LogP contribution >= 0.6 is 20.7 Å². The Bertz CT molecular complexity index is 1010. The minimum Gasteiger partial charge on any atom is -0.375 e. The molecule has 0 bridgehead atoms. The lowest BCUT2D eigenvalue weighted by molar-refractivity contribution is 0.619. The lowest BCUT2D eigenvalue weighted by Crippen LogP contribution is -2.31. The Morgan fingerprint density at radius 2 is 1.88 bits per heavy atom. The lowest BCUT2D eigenvalue weighted by atomic mass is 9.89. The topological polar surface area (TPSA) is 24.4 Å². The van der Waals surface area contributed by atoms with E-state index < -0.39 is 0 Å². The molecule has 0 saturated heterocycles. The van der Waals surface area contributed by atoms with Gasteiger partial charge < -0.3 is 5.32 Å². The second-order valence-corrected chi connectivity index (χ2v) is 9.20. The molecule has 0 aliphatic carbocycles. The van der Waals surface area contributed by atoms with Gasteiger partial charge in [0.15, 0.2) is 0 Å². The number of rotatable bonds is 2. The summed E-state index contributed by atoms with van der Waals surface area (Å²) in [5.41, 5.74) is 7.38. The SMILES string of the molecule is CCc1ccccc1N=c1ssc2c1-c1ccc(C)cc1NC2(C)C. The highest BCUT2D eigenvalue weighted by Crippen LogP contribution is 2.45. The van der Waals surface area contributed by atoms with E-state index in [4.69, 9.17) is 4.99 Å². The summed E-state index contributed by atoms with van der Waals surface area (Å²) in [6, 6.07) is 15.1. The maximum atomic E-state index is 5.07. The molecule has 0 amide bonds. The van der Waals surface area contributed by atoms with Crippen LogP contribution < -0.4 is 9.99 Å². The van der Waals surface area contributed by atoms with E-state index >= 15 is 0 Å². The fraction of sp³-hybridized carbons (Fsp3) is 0.286. The molecule has 1 aliphatic rings. The number of para-hydroxylation sites is 1. The molecule has 0 fully saturated rings. The molecule has 0 atom stereocenters. The highest BCUT2D eigenvalue weighted by atomic mass is 32.9. The third-order valence-corrected chi connectivity index (χ3v) is 7.34. The number of benzene rings is 2. The molecule has 25 heavy (non-hydrogen) atoms. The standard InChI is InChI=1S/C21H22N2S2/c1-5-14-8-6-7-9-16(14)22-20-18-15-11-10-13(2)12-17(15)23-21(3,4)19(18)24-25-20/h6-12,23H,5H2,1-4H3. The van der Waals surface area contributed by atoms with Gasteiger partial charge in [-0.15, -0.1) is 0 Å². The Balaban J connectivity index is 1.99. The fourth-order valence-electron chi connectivity index (χ4n) is 3.39. The first kappa shape index (κ1) is 16.6. The van der Waals surface area contributed by atoms with E-state index in [0.29, 0.717) is 0 Å². The monoisotopic (exact) mass is 366 g/mol. The second kappa shape index (κ2) is 6.11. The van der Waals surface area contributed by atoms with Gasteiger partial charge >= 0.3 is 0 Å². The van der Waals surface area contributed by atoms with Gasteiger partial charge in [0.1, 0.15) is 4.67 Å². The number of fused-ring (bicyclic) bond motifs is 3. The molecule has 2 heterocycles. The first-order chi connectivity index (χ1) is 12.0. The van der Waals surface area contributed by atoms with Gasteiger partial charge in [-0.2, -0.15) is 0 Å². The molecule has 1 aliphatic heterocycles. The number of aryl methyl sites for hydroxylation is 2. The van der Waals surface area contributed by atoms with Gasteiger partial charge in [-0.25, -0.2) is 4.99 Å². The Labute approximate surface area is 156 Å². The Morgan fingerprint density at radius 1 is 1.08 bits per heavy atom. The van der Waals surface area contributed by atoms with Gasteiger partial charge in [-0.1, -0.05) is 57.9 Å². The van der Waals surface area contributed by atoms with Gasteiger partial charge in [-0.05, 0) is 50.5 Å². The third kappa shape index (κ3) is 2.83. The lowest BCUT2D eigenvalue weighted by Gasteiger charge is -2.33. The van der Waals surface area contributed by atoms with E-state index in [1.807, 2.05) is 10.3 Å². The van der Waals surface area contributed by atoms with Crippen LogP contribution in [0.1, 0.15) is 36.8 Å². The predicted octanol–water partition coefficient (Wildman–Crippen LogP) is 6.24. The van der Waals surface area contributed by atoms with Gasteiger partial charge in [0.2, 0.25) is 0 Å². The van der Waals surface area contributed by atoms with Gasteiger partial charge in [0.25, 0.3) is 0 Å². The predicted molar refractivity (Wildman–Crippen MR) is 110 cm³/mol. The molecule has 2 aromatic carbocycles. The zero-order chi connectivity index (χ0) is 17.6. The van der Waals surface area contributed by atoms with Crippen LogP contribution in [0, 0.1) is 6.92 Å². The Morgan fingerprint density at radius 3 is 2.68 bits per heavy atom. The summed E-state index contributed by atoms with van der Waals surface area (Å²) in [5, 5.41) is 3.71. The molecule has 1 N–H and O–H groups in total. The number of anilines is 1. The van der Waals surface area contributed by atoms with Crippen LogP contribution in [0.2, 0.25) is 0 Å². The van der Waals surface area contributed by atoms with Gasteiger partial charge in [-0.3, -0.25) is 0 Å². The zero-order valence-electron chi connectivity index (χ0n) is 15.0. The van der Waals surface area contributed by atoms with Crippen LogP contribution in [0.3, 0.4) is 0 Å². The summed E-state index contributed by atoms with van der Waals surface area (Å²) in [6.45, 7) is 8.84. The van der Waals surface area contributed by atoms with E-state index in [0.717, 1.165) is 16.8 Å². The first-order valence-electron chi connectivity index (χ1n) is 8.65. The Hall–Kier alpha value is -1.91. The summed E-state index contributed by atoms with van der Waals surface area (Å²) in [6.07, 6.45) is 1.000. The highest BCUT2D eigenvalue weighted by molar-refractivity contribution is 7.68. The minimum atomic E-state index is -0.0741. The average Bonchev–Trinajstić information content (AvgIpc) is 3.00. The van der Waals surface area contributed by atoms with Crippen LogP contribution in [-0.4, -0.2) is 0 Å². The molecule has 128 valence electrons. The molecule has 3 aromatic rings. The van der Waals surface area contributed by atoms with Crippen LogP contribution in [0.5, 0.6) is 0 Å². The molecule has 4 heteroatoms. The van der Waals surface area contributed by atoms with E-state index in [-0.39, 0.29) is 5.54 Å². The van der Waals surface area contributed by atoms with Crippen LogP contribution in [0.15, 0.2) is 47.5 Å². The van der Waals surface area contributed by atoms with Crippen molar-refractivity contribution in [2.45, 2.75) is 39.7 Å². The van der Waals surface area contributed by atoms with Crippen molar-refractivity contribution in [1.82, 2.24) is 0 Å². The molecule has 0 unspecified atom stereocenters. The fourth-order valence-corrected chi connectivity index (χ4v) is 6.32. The summed E-state index contributed by atoms with van der Waals surface area (Å²) in [7, 11) is 3.63. The minimum absolute atomic E-state index is 0.0741. The van der Waals surface area contributed by atoms with Crippen molar-refractivity contribution in [3.8, 4) is 11.1 Å². The van der Waals surface area contributed by atoms with Gasteiger partial charge in [0.05, 0.1) is 16.1 Å². The smallest absolute Gasteiger partial charge is 0.135 e. The van der Waals surface area contributed by atoms with Crippen LogP contribution in [0.25, 0.3) is 11.1 Å². The van der Waals surface area contributed by atoms with Crippen molar-refractivity contribution >= 4 is 32.1 Å². The van der Waals surface area contributed by atoms with E-state index in [1.54, 1.807) is 10.3 Å². The van der Waals surface area contributed by atoms with Crippen molar-refractivity contribution in [2.75, 3.05) is 5.32 Å². The summed E-state index contributed by atoms with van der Waals surface area (Å²) >= 11 is 0. The molecule has 0 spiro atoms. The van der Waals surface area contributed by atoms with Crippen LogP contribution in [-0.2, 0) is 12.0 Å². The molecular formula is C21H22N2S2. The normalized spacial score (nSPS) is 15.4. The quantitative estimate of drug-likeness (QED) is 0.533. The number of hydrogen-bond donors (Lipinski definition) is 1. The average molecular weight is 367 g/mol. The molecule has 0 saturated carbocycles. The summed E-state index contributed by atoms with van der Waals surface area (Å²) in [4.78, 5) is 6.45. The zero-order valence-corrected chi connectivity index (χ0v) is 16.6. The maximum absolute atomic E-state index is 5.07. The largest absolute Gasteiger partial charge is 0.375 e. The molecule has 4 rings (SSSR count). The number of hydrogen-bond acceptors (Lipinski definition) is 4. The summed E-state index contributed by atoms with van der Waals surface area (Å²) in [5.74, 6) is 0. The van der Waals surface area contributed by atoms with E-state index in [2.05, 4.69) is 75.5 Å². The summed E-state index contributed by atoms with van der Waals surface area (Å²) < 4.78 is 1.13. The van der Waals surface area contributed by atoms with Crippen molar-refractivity contribution in [3.05, 3.63) is 63.1 Å². The van der Waals surface area contributed by atoms with Crippen molar-refractivity contribution < 1.29 is 0 Å². The molecular weight excluding hydrogens is 344 g/mol. The van der Waals surface area contributed by atoms with E-state index in [9.17, 15) is 0 Å². The molecule has 0 radical (unpaired) electrons. The second-order valence-electron chi connectivity index (χ2n) is 7.07. The molecule has 2 nitrogen and oxygen atoms in total. The number of nitrogens with zero attached hydrogens (tertiary/aromatic N) is 1. The molecule has 1 aromatic heterocycles. The highest BCUT2D eigenvalue weighted by Gasteiger charge is 2.33. The van der Waals surface area contributed by atoms with Crippen molar-refractivity contribution in [1.29, 1.82) is 0 Å². The Kier molecular flexibility index (Phi) is 4.05. The van der Waals surface area contributed by atoms with Crippen LogP contribution in [0.4, 0.5) is 11.4 Å². The maximum Gasteiger partial charge on any atom is 0.135 e.